The molecule has 1 amide bonds. The Hall–Kier alpha value is -1.10. The minimum absolute atomic E-state index is 0.107. The molecule has 1 aliphatic heterocycles. The van der Waals surface area contributed by atoms with Crippen LogP contribution in [0.15, 0.2) is 0 Å². The van der Waals surface area contributed by atoms with Gasteiger partial charge in [0, 0.05) is 13.1 Å². The van der Waals surface area contributed by atoms with Crippen LogP contribution >= 0.6 is 0 Å². The predicted molar refractivity (Wildman–Crippen MR) is 62.7 cm³/mol. The van der Waals surface area contributed by atoms with Crippen molar-refractivity contribution in [2.45, 2.75) is 33.1 Å². The van der Waals surface area contributed by atoms with Gasteiger partial charge in [0.1, 0.15) is 13.2 Å². The van der Waals surface area contributed by atoms with Crippen LogP contribution in [0.5, 0.6) is 0 Å². The molecule has 1 rings (SSSR count). The quantitative estimate of drug-likeness (QED) is 0.803. The number of rotatable bonds is 4. The normalized spacial score (nSPS) is 19.8. The van der Waals surface area contributed by atoms with Crippen LogP contribution in [0, 0.1) is 5.41 Å². The second-order valence-corrected chi connectivity index (χ2v) is 5.29. The molecule has 0 radical (unpaired) electrons. The molecule has 0 unspecified atom stereocenters. The molecule has 1 aliphatic rings. The number of carboxylic acids is 1. The second kappa shape index (κ2) is 6.00. The molecule has 0 aromatic heterocycles. The molecule has 17 heavy (non-hydrogen) atoms. The smallest absolute Gasteiger partial charge is 0.329 e. The fourth-order valence-corrected chi connectivity index (χ4v) is 1.99. The third kappa shape index (κ3) is 5.17. The zero-order chi connectivity index (χ0) is 12.9. The van der Waals surface area contributed by atoms with E-state index in [1.807, 2.05) is 0 Å². The lowest BCUT2D eigenvalue weighted by atomic mass is 9.85. The minimum Gasteiger partial charge on any atom is -0.480 e. The summed E-state index contributed by atoms with van der Waals surface area (Å²) in [5.74, 6) is -1.15. The number of ether oxygens (including phenoxy) is 1. The number of likely N-dealkylation sites (tertiary alicyclic amines) is 1. The molecule has 0 aliphatic carbocycles. The summed E-state index contributed by atoms with van der Waals surface area (Å²) in [4.78, 5) is 23.8. The molecule has 1 saturated heterocycles. The summed E-state index contributed by atoms with van der Waals surface area (Å²) in [6.07, 6.45) is 3.10. The van der Waals surface area contributed by atoms with Gasteiger partial charge >= 0.3 is 5.97 Å². The van der Waals surface area contributed by atoms with Gasteiger partial charge in [-0.1, -0.05) is 13.8 Å². The van der Waals surface area contributed by atoms with Crippen molar-refractivity contribution in [1.82, 2.24) is 4.90 Å². The van der Waals surface area contributed by atoms with E-state index >= 15 is 0 Å². The van der Waals surface area contributed by atoms with Gasteiger partial charge in [0.05, 0.1) is 0 Å². The fraction of sp³-hybridized carbons (Fsp3) is 0.833. The summed E-state index contributed by atoms with van der Waals surface area (Å²) >= 11 is 0. The number of nitrogens with zero attached hydrogens (tertiary/aromatic N) is 1. The standard InChI is InChI=1S/C12H21NO4/c1-12(2)4-3-6-13(7-5-12)10(14)8-17-9-11(15)16/h3-9H2,1-2H3,(H,15,16). The summed E-state index contributed by atoms with van der Waals surface area (Å²) in [5, 5.41) is 8.40. The Morgan fingerprint density at radius 3 is 2.59 bits per heavy atom. The Balaban J connectivity index is 2.34. The van der Waals surface area contributed by atoms with Crippen LogP contribution in [0.4, 0.5) is 0 Å². The van der Waals surface area contributed by atoms with E-state index in [-0.39, 0.29) is 17.9 Å². The molecule has 1 heterocycles. The second-order valence-electron chi connectivity index (χ2n) is 5.29. The lowest BCUT2D eigenvalue weighted by Crippen LogP contribution is -2.35. The molecule has 5 heteroatoms. The van der Waals surface area contributed by atoms with Gasteiger partial charge in [0.15, 0.2) is 0 Å². The zero-order valence-electron chi connectivity index (χ0n) is 10.6. The highest BCUT2D eigenvalue weighted by molar-refractivity contribution is 5.78. The molecule has 0 atom stereocenters. The Labute approximate surface area is 102 Å². The van der Waals surface area contributed by atoms with E-state index < -0.39 is 12.6 Å². The third-order valence-electron chi connectivity index (χ3n) is 3.14. The Bertz CT molecular complexity index is 288. The highest BCUT2D eigenvalue weighted by Crippen LogP contribution is 2.29. The molecule has 0 spiro atoms. The SMILES string of the molecule is CC1(C)CCCN(C(=O)COCC(=O)O)CC1. The summed E-state index contributed by atoms with van der Waals surface area (Å²) in [5.41, 5.74) is 0.289. The molecule has 0 bridgehead atoms. The van der Waals surface area contributed by atoms with E-state index in [9.17, 15) is 9.59 Å². The summed E-state index contributed by atoms with van der Waals surface area (Å²) in [6.45, 7) is 5.36. The van der Waals surface area contributed by atoms with Crippen LogP contribution in [-0.4, -0.2) is 48.2 Å². The molecular weight excluding hydrogens is 222 g/mol. The van der Waals surface area contributed by atoms with Crippen LogP contribution in [0.3, 0.4) is 0 Å². The maximum atomic E-state index is 11.8. The summed E-state index contributed by atoms with van der Waals surface area (Å²) in [6, 6.07) is 0. The third-order valence-corrected chi connectivity index (χ3v) is 3.14. The maximum Gasteiger partial charge on any atom is 0.329 e. The van der Waals surface area contributed by atoms with Crippen molar-refractivity contribution in [2.75, 3.05) is 26.3 Å². The van der Waals surface area contributed by atoms with Crippen LogP contribution < -0.4 is 0 Å². The first kappa shape index (κ1) is 14.0. The fourth-order valence-electron chi connectivity index (χ4n) is 1.99. The molecule has 1 N–H and O–H groups in total. The first-order chi connectivity index (χ1) is 7.91. The maximum absolute atomic E-state index is 11.8. The molecule has 0 aromatic rings. The number of carbonyl (C=O) groups is 2. The lowest BCUT2D eigenvalue weighted by molar-refractivity contribution is -0.145. The van der Waals surface area contributed by atoms with E-state index in [1.54, 1.807) is 4.90 Å². The first-order valence-electron chi connectivity index (χ1n) is 5.98. The van der Waals surface area contributed by atoms with Crippen LogP contribution in [0.1, 0.15) is 33.1 Å². The molecule has 98 valence electrons. The van der Waals surface area contributed by atoms with E-state index in [0.29, 0.717) is 0 Å². The van der Waals surface area contributed by atoms with Crippen molar-refractivity contribution < 1.29 is 19.4 Å². The lowest BCUT2D eigenvalue weighted by Gasteiger charge is -2.23. The van der Waals surface area contributed by atoms with E-state index in [2.05, 4.69) is 13.8 Å². The van der Waals surface area contributed by atoms with Crippen molar-refractivity contribution in [2.24, 2.45) is 5.41 Å². The molecular formula is C12H21NO4. The number of hydrogen-bond donors (Lipinski definition) is 1. The van der Waals surface area contributed by atoms with Gasteiger partial charge in [-0.05, 0) is 24.7 Å². The largest absolute Gasteiger partial charge is 0.480 e. The van der Waals surface area contributed by atoms with Crippen LogP contribution in [0.25, 0.3) is 0 Å². The number of aliphatic carboxylic acids is 1. The van der Waals surface area contributed by atoms with Crippen molar-refractivity contribution >= 4 is 11.9 Å². The Morgan fingerprint density at radius 2 is 1.94 bits per heavy atom. The number of hydrogen-bond acceptors (Lipinski definition) is 3. The van der Waals surface area contributed by atoms with E-state index in [0.717, 1.165) is 32.4 Å². The number of amides is 1. The average Bonchev–Trinajstić information content (AvgIpc) is 2.38. The average molecular weight is 243 g/mol. The highest BCUT2D eigenvalue weighted by atomic mass is 16.5. The monoisotopic (exact) mass is 243 g/mol. The topological polar surface area (TPSA) is 66.8 Å². The summed E-state index contributed by atoms with van der Waals surface area (Å²) in [7, 11) is 0. The Morgan fingerprint density at radius 1 is 1.24 bits per heavy atom. The van der Waals surface area contributed by atoms with Gasteiger partial charge < -0.3 is 14.7 Å². The Kier molecular flexibility index (Phi) is 4.93. The van der Waals surface area contributed by atoms with Crippen molar-refractivity contribution in [3.63, 3.8) is 0 Å². The van der Waals surface area contributed by atoms with Crippen molar-refractivity contribution in [3.05, 3.63) is 0 Å². The van der Waals surface area contributed by atoms with Gasteiger partial charge in [-0.15, -0.1) is 0 Å². The zero-order valence-corrected chi connectivity index (χ0v) is 10.6. The highest BCUT2D eigenvalue weighted by Gasteiger charge is 2.25. The van der Waals surface area contributed by atoms with E-state index in [1.165, 1.54) is 0 Å². The van der Waals surface area contributed by atoms with Gasteiger partial charge in [-0.3, -0.25) is 4.79 Å². The minimum atomic E-state index is -1.05. The van der Waals surface area contributed by atoms with Crippen LogP contribution in [0.2, 0.25) is 0 Å². The molecule has 1 fully saturated rings. The summed E-state index contributed by atoms with van der Waals surface area (Å²) < 4.78 is 4.81. The van der Waals surface area contributed by atoms with Gasteiger partial charge in [0.2, 0.25) is 5.91 Å². The predicted octanol–water partition coefficient (Wildman–Crippen LogP) is 1.13. The molecule has 5 nitrogen and oxygen atoms in total. The number of carbonyl (C=O) groups excluding carboxylic acids is 1. The first-order valence-corrected chi connectivity index (χ1v) is 5.98. The van der Waals surface area contributed by atoms with Crippen molar-refractivity contribution in [1.29, 1.82) is 0 Å². The van der Waals surface area contributed by atoms with Crippen molar-refractivity contribution in [3.8, 4) is 0 Å². The van der Waals surface area contributed by atoms with E-state index in [4.69, 9.17) is 9.84 Å². The van der Waals surface area contributed by atoms with Crippen LogP contribution in [-0.2, 0) is 14.3 Å². The van der Waals surface area contributed by atoms with Gasteiger partial charge in [0.25, 0.3) is 0 Å². The van der Waals surface area contributed by atoms with Gasteiger partial charge in [-0.2, -0.15) is 0 Å². The number of carboxylic acid groups (broad SMARTS) is 1. The molecule has 0 saturated carbocycles. The molecule has 0 aromatic carbocycles. The van der Waals surface area contributed by atoms with Gasteiger partial charge in [-0.25, -0.2) is 4.79 Å².